The van der Waals surface area contributed by atoms with Crippen LogP contribution >= 0.6 is 0 Å². The first kappa shape index (κ1) is 18.9. The fourth-order valence-electron chi connectivity index (χ4n) is 2.21. The molecular formula is C14H19F2N3O5S. The second-order valence-electron chi connectivity index (χ2n) is 5.27. The number of halogens is 2. The van der Waals surface area contributed by atoms with Gasteiger partial charge in [-0.15, -0.1) is 0 Å². The van der Waals surface area contributed by atoms with Crippen molar-refractivity contribution < 1.29 is 34.4 Å². The van der Waals surface area contributed by atoms with Crippen LogP contribution in [0, 0.1) is 11.6 Å². The quantitative estimate of drug-likeness (QED) is 0.603. The van der Waals surface area contributed by atoms with E-state index in [9.17, 15) is 31.6 Å². The number of carbonyl (C=O) groups is 3. The van der Waals surface area contributed by atoms with Crippen molar-refractivity contribution in [1.82, 2.24) is 15.4 Å². The van der Waals surface area contributed by atoms with Crippen LogP contribution in [0.1, 0.15) is 22.1 Å². The van der Waals surface area contributed by atoms with Gasteiger partial charge in [0.2, 0.25) is 27.7 Å². The Kier molecular flexibility index (Phi) is 5.80. The highest BCUT2D eigenvalue weighted by Gasteiger charge is 2.28. The van der Waals surface area contributed by atoms with Crippen molar-refractivity contribution in [1.29, 1.82) is 0 Å². The molecule has 11 heteroatoms. The van der Waals surface area contributed by atoms with Gasteiger partial charge in [0.1, 0.15) is 17.7 Å². The predicted molar refractivity (Wildman–Crippen MR) is 84.7 cm³/mol. The Hall–Kier alpha value is -2.40. The Labute approximate surface area is 145 Å². The average Bonchev–Trinajstić information content (AvgIpc) is 2.49. The summed E-state index contributed by atoms with van der Waals surface area (Å²) in [6.07, 6.45) is -0.133. The lowest BCUT2D eigenvalue weighted by Crippen LogP contribution is -2.52. The van der Waals surface area contributed by atoms with Crippen LogP contribution in [-0.2, 0) is 24.4 Å². The zero-order chi connectivity index (χ0) is 18.6. The van der Waals surface area contributed by atoms with E-state index in [-0.39, 0.29) is 22.1 Å². The molecule has 1 aromatic carbocycles. The van der Waals surface area contributed by atoms with Crippen molar-refractivity contribution >= 4 is 27.7 Å². The number of amides is 3. The molecule has 3 N–H and O–H groups in total. The molecule has 1 aromatic rings. The zero-order valence-corrected chi connectivity index (χ0v) is 13.7. The number of nitrogens with one attached hydrogen (secondary N) is 3. The topological polar surface area (TPSA) is 121 Å². The lowest BCUT2D eigenvalue weighted by molar-refractivity contribution is -0.137. The highest BCUT2D eigenvalue weighted by atomic mass is 32.2. The van der Waals surface area contributed by atoms with E-state index in [1.807, 2.05) is 4.72 Å². The summed E-state index contributed by atoms with van der Waals surface area (Å²) in [5.74, 6) is -4.22. The van der Waals surface area contributed by atoms with E-state index in [0.717, 1.165) is 18.2 Å². The van der Waals surface area contributed by atoms with Gasteiger partial charge >= 0.3 is 0 Å². The third kappa shape index (κ3) is 4.79. The van der Waals surface area contributed by atoms with Crippen LogP contribution < -0.4 is 15.4 Å². The van der Waals surface area contributed by atoms with Crippen LogP contribution in [0.15, 0.2) is 23.1 Å². The van der Waals surface area contributed by atoms with Gasteiger partial charge in [-0.3, -0.25) is 19.7 Å². The van der Waals surface area contributed by atoms with Gasteiger partial charge in [0.15, 0.2) is 4.90 Å². The van der Waals surface area contributed by atoms with Crippen LogP contribution in [0.2, 0.25) is 0 Å². The molecule has 1 fully saturated rings. The molecule has 140 valence electrons. The van der Waals surface area contributed by atoms with Gasteiger partial charge in [-0.1, -0.05) is 6.07 Å². The maximum Gasteiger partial charge on any atom is 0.249 e. The number of benzene rings is 1. The Morgan fingerprint density at radius 1 is 1.28 bits per heavy atom. The molecule has 0 spiro atoms. The number of sulfonamides is 1. The van der Waals surface area contributed by atoms with Gasteiger partial charge in [-0.05, 0) is 18.6 Å². The van der Waals surface area contributed by atoms with E-state index >= 15 is 0 Å². The van der Waals surface area contributed by atoms with Gasteiger partial charge in [-0.2, -0.15) is 0 Å². The second-order valence-corrected chi connectivity index (χ2v) is 6.97. The Balaban J connectivity index is 0.00000338. The summed E-state index contributed by atoms with van der Waals surface area (Å²) in [5, 5.41) is 4.41. The standard InChI is InChI=1S/C14H15F2N3O5S.2H2/c15-8-2-1-3-9(16)13(8)25(23,24)17-7-6-12(21)18-10-4-5-11(20)19-14(10)22;;/h1-3,10,17H,4-7H2,(H,18,21)(H,19,20,22);2*1H. The van der Waals surface area contributed by atoms with E-state index in [4.69, 9.17) is 0 Å². The minimum Gasteiger partial charge on any atom is -0.344 e. The van der Waals surface area contributed by atoms with E-state index in [1.54, 1.807) is 0 Å². The van der Waals surface area contributed by atoms with Crippen molar-refractivity contribution in [2.75, 3.05) is 6.54 Å². The van der Waals surface area contributed by atoms with Crippen LogP contribution in [-0.4, -0.2) is 38.7 Å². The summed E-state index contributed by atoms with van der Waals surface area (Å²) in [6.45, 7) is -0.421. The fraction of sp³-hybridized carbons (Fsp3) is 0.357. The molecule has 1 unspecified atom stereocenters. The first-order chi connectivity index (χ1) is 11.7. The molecule has 8 nitrogen and oxygen atoms in total. The van der Waals surface area contributed by atoms with Gasteiger partial charge in [0.05, 0.1) is 0 Å². The molecule has 3 amide bonds. The molecule has 25 heavy (non-hydrogen) atoms. The normalized spacial score (nSPS) is 17.9. The maximum atomic E-state index is 13.5. The SMILES string of the molecule is O=C1CCC(NC(=O)CCNS(=O)(=O)c2c(F)cccc2F)C(=O)N1.[HH].[HH]. The Morgan fingerprint density at radius 2 is 1.92 bits per heavy atom. The van der Waals surface area contributed by atoms with Crippen molar-refractivity contribution in [2.24, 2.45) is 0 Å². The van der Waals surface area contributed by atoms with Crippen LogP contribution in [0.5, 0.6) is 0 Å². The maximum absolute atomic E-state index is 13.5. The van der Waals surface area contributed by atoms with Crippen molar-refractivity contribution in [3.63, 3.8) is 0 Å². The van der Waals surface area contributed by atoms with Gasteiger partial charge in [0, 0.05) is 22.2 Å². The number of hydrogen-bond acceptors (Lipinski definition) is 5. The first-order valence-corrected chi connectivity index (χ1v) is 8.76. The molecule has 1 saturated heterocycles. The lowest BCUT2D eigenvalue weighted by atomic mass is 10.1. The number of piperidine rings is 1. The molecule has 0 bridgehead atoms. The third-order valence-corrected chi connectivity index (χ3v) is 4.92. The summed E-state index contributed by atoms with van der Waals surface area (Å²) in [5.41, 5.74) is 0. The van der Waals surface area contributed by atoms with E-state index < -0.39 is 56.9 Å². The smallest absolute Gasteiger partial charge is 0.249 e. The highest BCUT2D eigenvalue weighted by molar-refractivity contribution is 7.89. The molecule has 1 heterocycles. The number of hydrogen-bond donors (Lipinski definition) is 3. The van der Waals surface area contributed by atoms with Gasteiger partial charge < -0.3 is 5.32 Å². The average molecular weight is 379 g/mol. The van der Waals surface area contributed by atoms with Crippen LogP contribution in [0.4, 0.5) is 8.78 Å². The molecule has 1 aliphatic rings. The second kappa shape index (κ2) is 7.66. The molecule has 0 radical (unpaired) electrons. The third-order valence-electron chi connectivity index (χ3n) is 3.41. The molecule has 0 aliphatic carbocycles. The van der Waals surface area contributed by atoms with Crippen LogP contribution in [0.25, 0.3) is 0 Å². The molecular weight excluding hydrogens is 360 g/mol. The minimum absolute atomic E-state index is 0. The van der Waals surface area contributed by atoms with E-state index in [0.29, 0.717) is 0 Å². The van der Waals surface area contributed by atoms with Crippen molar-refractivity contribution in [3.05, 3.63) is 29.8 Å². The lowest BCUT2D eigenvalue weighted by Gasteiger charge is -2.21. The largest absolute Gasteiger partial charge is 0.344 e. The number of rotatable bonds is 6. The van der Waals surface area contributed by atoms with Crippen molar-refractivity contribution in [3.8, 4) is 0 Å². The highest BCUT2D eigenvalue weighted by Crippen LogP contribution is 2.17. The molecule has 0 aromatic heterocycles. The summed E-state index contributed by atoms with van der Waals surface area (Å²) in [4.78, 5) is 33.1. The summed E-state index contributed by atoms with van der Waals surface area (Å²) < 4.78 is 52.7. The molecule has 1 atom stereocenters. The molecule has 1 aliphatic heterocycles. The number of carbonyl (C=O) groups excluding carboxylic acids is 3. The minimum atomic E-state index is -4.47. The Bertz CT molecular complexity index is 803. The fourth-order valence-corrected chi connectivity index (χ4v) is 3.37. The summed E-state index contributed by atoms with van der Waals surface area (Å²) in [7, 11) is -4.47. The summed E-state index contributed by atoms with van der Waals surface area (Å²) in [6, 6.07) is 1.74. The Morgan fingerprint density at radius 3 is 2.52 bits per heavy atom. The van der Waals surface area contributed by atoms with Crippen LogP contribution in [0.3, 0.4) is 0 Å². The van der Waals surface area contributed by atoms with Gasteiger partial charge in [-0.25, -0.2) is 21.9 Å². The van der Waals surface area contributed by atoms with Gasteiger partial charge in [0.25, 0.3) is 0 Å². The monoisotopic (exact) mass is 379 g/mol. The van der Waals surface area contributed by atoms with E-state index in [1.165, 1.54) is 0 Å². The molecule has 0 saturated carbocycles. The number of imide groups is 1. The summed E-state index contributed by atoms with van der Waals surface area (Å²) >= 11 is 0. The molecule has 2 rings (SSSR count). The predicted octanol–water partition coefficient (Wildman–Crippen LogP) is 0.0466. The van der Waals surface area contributed by atoms with E-state index in [2.05, 4.69) is 10.6 Å². The zero-order valence-electron chi connectivity index (χ0n) is 12.8. The van der Waals surface area contributed by atoms with Crippen molar-refractivity contribution in [2.45, 2.75) is 30.2 Å². The first-order valence-electron chi connectivity index (χ1n) is 7.27.